The highest BCUT2D eigenvalue weighted by atomic mass is 16.6. The zero-order chi connectivity index (χ0) is 44.1. The van der Waals surface area contributed by atoms with Crippen LogP contribution in [-0.2, 0) is 40.1 Å². The molecule has 0 saturated heterocycles. The number of benzene rings is 2. The fraction of sp³-hybridized carbons (Fsp3) is 0.500. The number of nitrogens with zero attached hydrogens (tertiary/aromatic N) is 4. The molecular formula is C40H53N8O11+. The second-order valence-electron chi connectivity index (χ2n) is 15.2. The van der Waals surface area contributed by atoms with Crippen molar-refractivity contribution in [2.24, 2.45) is 17.0 Å². The van der Waals surface area contributed by atoms with Crippen LogP contribution in [0.15, 0.2) is 53.6 Å². The van der Waals surface area contributed by atoms with Gasteiger partial charge in [-0.1, -0.05) is 64.1 Å². The first-order chi connectivity index (χ1) is 27.7. The van der Waals surface area contributed by atoms with E-state index in [-0.39, 0.29) is 49.2 Å². The van der Waals surface area contributed by atoms with Crippen molar-refractivity contribution in [3.05, 3.63) is 75.3 Å². The van der Waals surface area contributed by atoms with E-state index in [0.29, 0.717) is 4.70 Å². The summed E-state index contributed by atoms with van der Waals surface area (Å²) in [5.41, 5.74) is -0.704. The summed E-state index contributed by atoms with van der Waals surface area (Å²) in [5, 5.41) is 25.7. The third-order valence-corrected chi connectivity index (χ3v) is 9.34. The first-order valence-corrected chi connectivity index (χ1v) is 19.1. The van der Waals surface area contributed by atoms with Crippen molar-refractivity contribution >= 4 is 52.8 Å². The monoisotopic (exact) mass is 821 g/mol. The highest BCUT2D eigenvalue weighted by Gasteiger charge is 2.42. The van der Waals surface area contributed by atoms with Gasteiger partial charge in [-0.2, -0.15) is 0 Å². The number of rotatable bonds is 21. The largest absolute Gasteiger partial charge is 0.445 e. The summed E-state index contributed by atoms with van der Waals surface area (Å²) in [6.45, 7) is 9.08. The van der Waals surface area contributed by atoms with Crippen LogP contribution < -0.4 is 21.3 Å². The molecule has 19 nitrogen and oxygen atoms in total. The van der Waals surface area contributed by atoms with Gasteiger partial charge < -0.3 is 30.9 Å². The lowest BCUT2D eigenvalue weighted by atomic mass is 9.99. The summed E-state index contributed by atoms with van der Waals surface area (Å²) in [6.07, 6.45) is -1.37. The summed E-state index contributed by atoms with van der Waals surface area (Å²) in [7, 11) is 3.00. The van der Waals surface area contributed by atoms with E-state index in [1.807, 2.05) is 30.3 Å². The smallest absolute Gasteiger partial charge is 0.371 e. The van der Waals surface area contributed by atoms with Gasteiger partial charge in [0, 0.05) is 38.6 Å². The third kappa shape index (κ3) is 13.4. The molecule has 7 amide bonds. The highest BCUT2D eigenvalue weighted by Crippen LogP contribution is 2.27. The minimum Gasteiger partial charge on any atom is -0.371 e. The lowest BCUT2D eigenvalue weighted by molar-refractivity contribution is -0.483. The Bertz CT molecular complexity index is 1970. The SMILES string of the molecule is CC(=O)N[C@H](C(=O)N[C@H](C(=O)N[C@@H](CC(C)C)C(=O)N[C@@H](CCC(=O)N(C)C)C(=O)C[N+]1=NC(=O)c2c(cccc2[N+](=O)[O-])C1=O)[C@H](C)OCc1ccccc1)C(C)C. The second kappa shape index (κ2) is 21.5. The van der Waals surface area contributed by atoms with Crippen molar-refractivity contribution in [3.8, 4) is 0 Å². The molecule has 0 saturated carbocycles. The van der Waals surface area contributed by atoms with Gasteiger partial charge in [-0.05, 0) is 47.9 Å². The zero-order valence-electron chi connectivity index (χ0n) is 34.5. The summed E-state index contributed by atoms with van der Waals surface area (Å²) >= 11 is 0. The molecule has 3 rings (SSSR count). The normalized spacial score (nSPS) is 14.8. The first-order valence-electron chi connectivity index (χ1n) is 19.1. The van der Waals surface area contributed by atoms with Crippen molar-refractivity contribution in [3.63, 3.8) is 0 Å². The Kier molecular flexibility index (Phi) is 17.2. The Labute approximate surface area is 341 Å². The third-order valence-electron chi connectivity index (χ3n) is 9.34. The maximum atomic E-state index is 14.1. The first kappa shape index (κ1) is 47.1. The van der Waals surface area contributed by atoms with Crippen LogP contribution in [0.5, 0.6) is 0 Å². The van der Waals surface area contributed by atoms with E-state index in [4.69, 9.17) is 4.74 Å². The van der Waals surface area contributed by atoms with Crippen molar-refractivity contribution in [1.82, 2.24) is 26.2 Å². The molecule has 0 unspecified atom stereocenters. The van der Waals surface area contributed by atoms with Gasteiger partial charge in [0.25, 0.3) is 5.69 Å². The van der Waals surface area contributed by atoms with Gasteiger partial charge in [-0.15, -0.1) is 0 Å². The minimum absolute atomic E-state index is 0.0551. The number of hydrogen-bond donors (Lipinski definition) is 4. The maximum Gasteiger partial charge on any atom is 0.445 e. The summed E-state index contributed by atoms with van der Waals surface area (Å²) < 4.78 is 6.56. The molecule has 5 atom stereocenters. The number of fused-ring (bicyclic) bond motifs is 1. The van der Waals surface area contributed by atoms with E-state index < -0.39 is 94.2 Å². The quantitative estimate of drug-likeness (QED) is 0.0805. The topological polar surface area (TPSA) is 256 Å². The Morgan fingerprint density at radius 1 is 0.831 bits per heavy atom. The molecule has 1 heterocycles. The predicted molar refractivity (Wildman–Crippen MR) is 211 cm³/mol. The molecule has 59 heavy (non-hydrogen) atoms. The Morgan fingerprint density at radius 3 is 2.03 bits per heavy atom. The molecule has 19 heteroatoms. The van der Waals surface area contributed by atoms with Crippen LogP contribution in [0.2, 0.25) is 0 Å². The summed E-state index contributed by atoms with van der Waals surface area (Å²) in [6, 6.07) is 7.42. The van der Waals surface area contributed by atoms with Crippen LogP contribution in [0, 0.1) is 22.0 Å². The van der Waals surface area contributed by atoms with Gasteiger partial charge in [0.05, 0.1) is 23.7 Å². The van der Waals surface area contributed by atoms with Gasteiger partial charge in [0.2, 0.25) is 41.9 Å². The lowest BCUT2D eigenvalue weighted by Gasteiger charge is -2.30. The molecule has 0 spiro atoms. The van der Waals surface area contributed by atoms with Crippen LogP contribution in [0.3, 0.4) is 0 Å². The zero-order valence-corrected chi connectivity index (χ0v) is 34.5. The summed E-state index contributed by atoms with van der Waals surface area (Å²) in [4.78, 5) is 118. The van der Waals surface area contributed by atoms with Crippen LogP contribution in [-0.4, -0.2) is 113 Å². The summed E-state index contributed by atoms with van der Waals surface area (Å²) in [5.74, 6) is -6.63. The van der Waals surface area contributed by atoms with E-state index in [9.17, 15) is 48.5 Å². The minimum atomic E-state index is -1.43. The highest BCUT2D eigenvalue weighted by molar-refractivity contribution is 6.10. The average Bonchev–Trinajstić information content (AvgIpc) is 3.17. The number of hydrogen-bond acceptors (Lipinski definition) is 11. The number of nitro benzene ring substituents is 1. The number of Topliss-reactive ketones (excluding diaryl/α,β-unsaturated/α-hetero) is 1. The van der Waals surface area contributed by atoms with Gasteiger partial charge in [-0.3, -0.25) is 43.7 Å². The van der Waals surface area contributed by atoms with Gasteiger partial charge in [0.1, 0.15) is 29.3 Å². The van der Waals surface area contributed by atoms with Crippen molar-refractivity contribution in [2.45, 2.75) is 97.7 Å². The molecule has 0 aromatic heterocycles. The van der Waals surface area contributed by atoms with E-state index >= 15 is 0 Å². The van der Waals surface area contributed by atoms with E-state index in [1.165, 1.54) is 38.1 Å². The maximum absolute atomic E-state index is 14.1. The average molecular weight is 822 g/mol. The molecule has 0 bridgehead atoms. The molecule has 2 aromatic rings. The number of carbonyl (C=O) groups excluding carboxylic acids is 8. The molecule has 4 N–H and O–H groups in total. The van der Waals surface area contributed by atoms with E-state index in [2.05, 4.69) is 26.4 Å². The number of ether oxygens (including phenoxy) is 1. The van der Waals surface area contributed by atoms with Crippen LogP contribution >= 0.6 is 0 Å². The molecular weight excluding hydrogens is 768 g/mol. The Hall–Kier alpha value is -6.24. The van der Waals surface area contributed by atoms with Crippen molar-refractivity contribution in [2.75, 3.05) is 20.6 Å². The molecule has 2 aromatic carbocycles. The van der Waals surface area contributed by atoms with Gasteiger partial charge in [-0.25, -0.2) is 4.79 Å². The molecule has 1 aliphatic heterocycles. The number of nitrogens with one attached hydrogen (secondary N) is 4. The van der Waals surface area contributed by atoms with Gasteiger partial charge >= 0.3 is 11.8 Å². The standard InChI is InChI=1S/C40H52N8O11/c1-22(2)19-29(43-39(55)35(24(5)59-21-26-13-10-9-11-14-26)44-38(54)34(23(3)4)41-25(6)49)36(52)42-28(17-18-32(51)46(7)8)31(50)20-47-40(56)27-15-12-16-30(48(57)58)33(27)37(53)45-47/h9-16,22-24,28-29,34-35H,17-21H2,1-8H3,(H3-,41,42,43,44,49,52,54,55)/p+1/t24-,28-,29-,34-,35-/m0/s1. The number of amides is 7. The van der Waals surface area contributed by atoms with Crippen LogP contribution in [0.1, 0.15) is 87.1 Å². The predicted octanol–water partition coefficient (Wildman–Crippen LogP) is 2.06. The van der Waals surface area contributed by atoms with E-state index in [1.54, 1.807) is 34.6 Å². The Balaban J connectivity index is 1.92. The number of azo groups is 2. The molecule has 0 radical (unpaired) electrons. The fourth-order valence-corrected chi connectivity index (χ4v) is 6.14. The van der Waals surface area contributed by atoms with Crippen molar-refractivity contribution < 1.29 is 52.7 Å². The molecule has 0 aliphatic carbocycles. The van der Waals surface area contributed by atoms with Crippen molar-refractivity contribution in [1.29, 1.82) is 0 Å². The molecule has 0 fully saturated rings. The Morgan fingerprint density at radius 2 is 1.46 bits per heavy atom. The number of ketones is 1. The number of nitro groups is 1. The van der Waals surface area contributed by atoms with Crippen LogP contribution in [0.4, 0.5) is 5.69 Å². The fourth-order valence-electron chi connectivity index (χ4n) is 6.14. The second-order valence-corrected chi connectivity index (χ2v) is 15.2. The van der Waals surface area contributed by atoms with Crippen LogP contribution in [0.25, 0.3) is 0 Å². The molecule has 318 valence electrons. The lowest BCUT2D eigenvalue weighted by Crippen LogP contribution is -2.61. The number of carbonyl (C=O) groups is 8. The molecule has 1 aliphatic rings. The van der Waals surface area contributed by atoms with Gasteiger partial charge in [0.15, 0.2) is 0 Å². The van der Waals surface area contributed by atoms with E-state index in [0.717, 1.165) is 11.6 Å².